The number of aromatic nitrogens is 3. The Kier molecular flexibility index (Phi) is 5.13. The number of nitrogens with zero attached hydrogens (tertiary/aromatic N) is 3. The summed E-state index contributed by atoms with van der Waals surface area (Å²) < 4.78 is 13.5. The van der Waals surface area contributed by atoms with E-state index in [1.165, 1.54) is 0 Å². The molecule has 32 heavy (non-hydrogen) atoms. The van der Waals surface area contributed by atoms with Crippen LogP contribution in [-0.2, 0) is 4.79 Å². The van der Waals surface area contributed by atoms with Crippen molar-refractivity contribution in [1.82, 2.24) is 14.8 Å². The predicted octanol–water partition coefficient (Wildman–Crippen LogP) is 4.06. The number of nitrogens with one attached hydrogen (secondary N) is 1. The van der Waals surface area contributed by atoms with E-state index in [-0.39, 0.29) is 23.7 Å². The molecule has 3 aromatic rings. The summed E-state index contributed by atoms with van der Waals surface area (Å²) in [6.07, 6.45) is 1.05. The molecule has 3 N–H and O–H groups in total. The standard InChI is InChI=1S/C23H22BrN5O3/c1-31-18-8-5-13(11-19(18)32-2)14-9-16-20(17(30)10-14)21(12-3-6-15(24)7-4-12)29-23(26-16)27-22(25)28-29/h3-8,11,14,21H,9-10H2,1-2H3,(H3,25,26,27,28). The van der Waals surface area contributed by atoms with Crippen molar-refractivity contribution in [3.8, 4) is 11.5 Å². The largest absolute Gasteiger partial charge is 0.493 e. The van der Waals surface area contributed by atoms with Crippen molar-refractivity contribution in [2.75, 3.05) is 25.3 Å². The molecule has 1 aliphatic carbocycles. The molecule has 0 saturated carbocycles. The molecule has 2 aliphatic rings. The van der Waals surface area contributed by atoms with Gasteiger partial charge in [0.2, 0.25) is 11.9 Å². The van der Waals surface area contributed by atoms with Crippen molar-refractivity contribution < 1.29 is 14.3 Å². The van der Waals surface area contributed by atoms with E-state index in [9.17, 15) is 4.79 Å². The van der Waals surface area contributed by atoms with E-state index in [2.05, 4.69) is 31.3 Å². The van der Waals surface area contributed by atoms with E-state index in [1.54, 1.807) is 18.9 Å². The summed E-state index contributed by atoms with van der Waals surface area (Å²) in [6, 6.07) is 13.3. The molecular weight excluding hydrogens is 474 g/mol. The molecule has 9 heteroatoms. The lowest BCUT2D eigenvalue weighted by Crippen LogP contribution is -2.33. The number of benzene rings is 2. The van der Waals surface area contributed by atoms with Crippen LogP contribution >= 0.6 is 15.9 Å². The number of methoxy groups -OCH3 is 2. The highest BCUT2D eigenvalue weighted by atomic mass is 79.9. The van der Waals surface area contributed by atoms with Crippen LogP contribution in [0.5, 0.6) is 11.5 Å². The molecule has 2 unspecified atom stereocenters. The second kappa shape index (κ2) is 7.98. The highest BCUT2D eigenvalue weighted by molar-refractivity contribution is 9.10. The van der Waals surface area contributed by atoms with Gasteiger partial charge < -0.3 is 20.5 Å². The third-order valence-electron chi connectivity index (χ3n) is 6.00. The van der Waals surface area contributed by atoms with Crippen LogP contribution in [0.1, 0.15) is 35.9 Å². The number of nitrogens with two attached hydrogens (primary N) is 1. The summed E-state index contributed by atoms with van der Waals surface area (Å²) >= 11 is 3.48. The van der Waals surface area contributed by atoms with Crippen molar-refractivity contribution in [2.45, 2.75) is 24.8 Å². The summed E-state index contributed by atoms with van der Waals surface area (Å²) in [5.41, 5.74) is 9.44. The minimum absolute atomic E-state index is 0.00550. The molecule has 0 radical (unpaired) electrons. The number of carbonyl (C=O) groups is 1. The van der Waals surface area contributed by atoms with Crippen LogP contribution in [-0.4, -0.2) is 34.8 Å². The fourth-order valence-corrected chi connectivity index (χ4v) is 4.79. The molecule has 0 fully saturated rings. The average Bonchev–Trinajstić information content (AvgIpc) is 3.17. The molecule has 0 spiro atoms. The molecule has 1 aromatic heterocycles. The lowest BCUT2D eigenvalue weighted by molar-refractivity contribution is -0.116. The number of nitrogen functional groups attached to an aromatic ring is 1. The zero-order valence-corrected chi connectivity index (χ0v) is 19.2. The summed E-state index contributed by atoms with van der Waals surface area (Å²) in [5.74, 6) is 2.09. The lowest BCUT2D eigenvalue weighted by atomic mass is 9.78. The molecule has 0 amide bonds. The zero-order chi connectivity index (χ0) is 22.4. The van der Waals surface area contributed by atoms with Crippen molar-refractivity contribution >= 4 is 33.6 Å². The van der Waals surface area contributed by atoms with Gasteiger partial charge in [0, 0.05) is 22.2 Å². The first-order valence-corrected chi connectivity index (χ1v) is 11.0. The van der Waals surface area contributed by atoms with Gasteiger partial charge in [-0.25, -0.2) is 4.68 Å². The van der Waals surface area contributed by atoms with Crippen LogP contribution in [0, 0.1) is 0 Å². The topological polar surface area (TPSA) is 104 Å². The highest BCUT2D eigenvalue weighted by Crippen LogP contribution is 2.45. The van der Waals surface area contributed by atoms with Gasteiger partial charge in [0.05, 0.1) is 14.2 Å². The summed E-state index contributed by atoms with van der Waals surface area (Å²) in [7, 11) is 3.21. The third-order valence-corrected chi connectivity index (χ3v) is 6.53. The van der Waals surface area contributed by atoms with Crippen LogP contribution in [0.3, 0.4) is 0 Å². The number of fused-ring (bicyclic) bond motifs is 1. The predicted molar refractivity (Wildman–Crippen MR) is 124 cm³/mol. The molecule has 2 aromatic carbocycles. The van der Waals surface area contributed by atoms with Crippen LogP contribution in [0.2, 0.25) is 0 Å². The Balaban J connectivity index is 1.57. The smallest absolute Gasteiger partial charge is 0.241 e. The zero-order valence-electron chi connectivity index (χ0n) is 17.6. The Morgan fingerprint density at radius 2 is 1.78 bits per heavy atom. The number of anilines is 2. The molecule has 164 valence electrons. The summed E-state index contributed by atoms with van der Waals surface area (Å²) in [6.45, 7) is 0. The van der Waals surface area contributed by atoms with Gasteiger partial charge in [0.15, 0.2) is 17.3 Å². The van der Waals surface area contributed by atoms with Crippen LogP contribution < -0.4 is 20.5 Å². The fraction of sp³-hybridized carbons (Fsp3) is 0.261. The Labute approximate surface area is 193 Å². The van der Waals surface area contributed by atoms with Crippen molar-refractivity contribution in [3.05, 3.63) is 69.3 Å². The number of Topliss-reactive ketones (excluding diaryl/α,β-unsaturated/α-hetero) is 1. The second-order valence-electron chi connectivity index (χ2n) is 7.85. The van der Waals surface area contributed by atoms with Crippen LogP contribution in [0.15, 0.2) is 58.2 Å². The van der Waals surface area contributed by atoms with Gasteiger partial charge in [-0.2, -0.15) is 4.98 Å². The minimum atomic E-state index is -0.377. The second-order valence-corrected chi connectivity index (χ2v) is 8.77. The SMILES string of the molecule is COc1ccc(C2CC(=O)C3=C(C2)Nc2nc(N)nn2C3c2ccc(Br)cc2)cc1OC. The van der Waals surface area contributed by atoms with E-state index in [1.807, 2.05) is 42.5 Å². The Bertz CT molecular complexity index is 1230. The van der Waals surface area contributed by atoms with E-state index in [0.717, 1.165) is 21.3 Å². The number of rotatable bonds is 4. The monoisotopic (exact) mass is 495 g/mol. The number of carbonyl (C=O) groups excluding carboxylic acids is 1. The highest BCUT2D eigenvalue weighted by Gasteiger charge is 2.39. The van der Waals surface area contributed by atoms with Gasteiger partial charge in [-0.15, -0.1) is 5.10 Å². The maximum atomic E-state index is 13.5. The van der Waals surface area contributed by atoms with Gasteiger partial charge in [-0.05, 0) is 47.7 Å². The third kappa shape index (κ3) is 3.42. The molecule has 0 bridgehead atoms. The molecule has 8 nitrogen and oxygen atoms in total. The van der Waals surface area contributed by atoms with E-state index < -0.39 is 0 Å². The minimum Gasteiger partial charge on any atom is -0.493 e. The number of hydrogen-bond acceptors (Lipinski definition) is 7. The summed E-state index contributed by atoms with van der Waals surface area (Å²) in [5, 5.41) is 7.68. The Morgan fingerprint density at radius 1 is 1.06 bits per heavy atom. The fourth-order valence-electron chi connectivity index (χ4n) is 4.52. The Morgan fingerprint density at radius 3 is 2.50 bits per heavy atom. The molecule has 0 saturated heterocycles. The van der Waals surface area contributed by atoms with Crippen molar-refractivity contribution in [2.24, 2.45) is 0 Å². The van der Waals surface area contributed by atoms with E-state index >= 15 is 0 Å². The number of hydrogen-bond donors (Lipinski definition) is 2. The lowest BCUT2D eigenvalue weighted by Gasteiger charge is -2.35. The van der Waals surface area contributed by atoms with Gasteiger partial charge in [-0.3, -0.25) is 4.79 Å². The summed E-state index contributed by atoms with van der Waals surface area (Å²) in [4.78, 5) is 17.8. The van der Waals surface area contributed by atoms with Gasteiger partial charge in [0.1, 0.15) is 6.04 Å². The van der Waals surface area contributed by atoms with Crippen LogP contribution in [0.4, 0.5) is 11.9 Å². The quantitative estimate of drug-likeness (QED) is 0.562. The average molecular weight is 496 g/mol. The number of allylic oxidation sites excluding steroid dienone is 2. The van der Waals surface area contributed by atoms with Crippen molar-refractivity contribution in [1.29, 1.82) is 0 Å². The normalized spacial score (nSPS) is 19.8. The molecule has 2 atom stereocenters. The molecular formula is C23H22BrN5O3. The van der Waals surface area contributed by atoms with Crippen molar-refractivity contribution in [3.63, 3.8) is 0 Å². The maximum Gasteiger partial charge on any atom is 0.241 e. The van der Waals surface area contributed by atoms with Gasteiger partial charge >= 0.3 is 0 Å². The molecule has 5 rings (SSSR count). The van der Waals surface area contributed by atoms with Gasteiger partial charge in [-0.1, -0.05) is 34.1 Å². The van der Waals surface area contributed by atoms with Crippen LogP contribution in [0.25, 0.3) is 0 Å². The van der Waals surface area contributed by atoms with E-state index in [0.29, 0.717) is 35.9 Å². The number of ketones is 1. The molecule has 2 heterocycles. The van der Waals surface area contributed by atoms with E-state index in [4.69, 9.17) is 15.2 Å². The maximum absolute atomic E-state index is 13.5. The van der Waals surface area contributed by atoms with Gasteiger partial charge in [0.25, 0.3) is 0 Å². The Hall–Kier alpha value is -3.33. The molecule has 1 aliphatic heterocycles. The first-order chi connectivity index (χ1) is 15.5. The number of ether oxygens (including phenoxy) is 2. The first kappa shape index (κ1) is 20.6. The first-order valence-electron chi connectivity index (χ1n) is 10.2. The number of halogens is 1.